The number of nitrogens with one attached hydrogen (secondary N) is 2. The first-order valence-electron chi connectivity index (χ1n) is 6.53. The molecule has 0 aliphatic carbocycles. The number of hydrogen-bond acceptors (Lipinski definition) is 4. The second-order valence-electron chi connectivity index (χ2n) is 4.64. The number of hydrogen-bond donors (Lipinski definition) is 2. The van der Waals surface area contributed by atoms with Crippen molar-refractivity contribution >= 4 is 45.8 Å². The molecular formula is C14H16ClN3O2S. The quantitative estimate of drug-likeness (QED) is 0.844. The number of benzene rings is 1. The summed E-state index contributed by atoms with van der Waals surface area (Å²) < 4.78 is 1.05. The van der Waals surface area contributed by atoms with E-state index in [1.165, 1.54) is 11.3 Å². The highest BCUT2D eigenvalue weighted by Crippen LogP contribution is 2.25. The first-order valence-corrected chi connectivity index (χ1v) is 7.35. The van der Waals surface area contributed by atoms with Crippen LogP contribution in [0, 0.1) is 0 Å². The monoisotopic (exact) mass is 325 g/mol. The number of thiophene rings is 1. The minimum absolute atomic E-state index is 0. The smallest absolute Gasteiger partial charge is 0.322 e. The summed E-state index contributed by atoms with van der Waals surface area (Å²) in [4.78, 5) is 26.3. The van der Waals surface area contributed by atoms with Gasteiger partial charge in [-0.25, -0.2) is 4.79 Å². The fraction of sp³-hybridized carbons (Fsp3) is 0.286. The maximum Gasteiger partial charge on any atom is 0.324 e. The summed E-state index contributed by atoms with van der Waals surface area (Å²) in [7, 11) is 0. The molecule has 3 amide bonds. The number of piperazine rings is 1. The summed E-state index contributed by atoms with van der Waals surface area (Å²) in [6.07, 6.45) is 0. The van der Waals surface area contributed by atoms with Gasteiger partial charge in [-0.05, 0) is 17.5 Å². The number of urea groups is 1. The normalized spacial score (nSPS) is 14.6. The van der Waals surface area contributed by atoms with Crippen LogP contribution >= 0.6 is 23.7 Å². The van der Waals surface area contributed by atoms with Crippen LogP contribution < -0.4 is 10.6 Å². The van der Waals surface area contributed by atoms with Crippen molar-refractivity contribution in [1.82, 2.24) is 15.5 Å². The second kappa shape index (κ2) is 6.89. The average Bonchev–Trinajstić information content (AvgIpc) is 2.92. The molecule has 2 heterocycles. The summed E-state index contributed by atoms with van der Waals surface area (Å²) >= 11 is 1.40. The van der Waals surface area contributed by atoms with Crippen molar-refractivity contribution in [2.75, 3.05) is 26.2 Å². The van der Waals surface area contributed by atoms with Crippen LogP contribution in [0.5, 0.6) is 0 Å². The number of carbonyl (C=O) groups excluding carboxylic acids is 2. The molecular weight excluding hydrogens is 310 g/mol. The molecule has 0 spiro atoms. The molecule has 1 aromatic heterocycles. The topological polar surface area (TPSA) is 61.4 Å². The minimum Gasteiger partial charge on any atom is -0.322 e. The molecule has 1 saturated heterocycles. The van der Waals surface area contributed by atoms with E-state index in [2.05, 4.69) is 10.6 Å². The fourth-order valence-corrected chi connectivity index (χ4v) is 3.16. The van der Waals surface area contributed by atoms with Gasteiger partial charge in [0.2, 0.25) is 0 Å². The number of imide groups is 1. The van der Waals surface area contributed by atoms with E-state index in [9.17, 15) is 9.59 Å². The molecule has 1 aliphatic heterocycles. The molecule has 0 radical (unpaired) electrons. The van der Waals surface area contributed by atoms with Gasteiger partial charge in [0.05, 0.1) is 4.88 Å². The van der Waals surface area contributed by atoms with Gasteiger partial charge in [-0.3, -0.25) is 10.1 Å². The van der Waals surface area contributed by atoms with E-state index in [1.54, 1.807) is 4.90 Å². The van der Waals surface area contributed by atoms with Crippen molar-refractivity contribution in [1.29, 1.82) is 0 Å². The predicted octanol–water partition coefficient (Wildman–Crippen LogP) is 2.08. The highest BCUT2D eigenvalue weighted by atomic mass is 35.5. The molecule has 2 aromatic rings. The SMILES string of the molecule is Cl.O=C(NC(=O)N1CCNCC1)c1cc2ccccc2s1. The third-order valence-electron chi connectivity index (χ3n) is 3.27. The van der Waals surface area contributed by atoms with Crippen LogP contribution in [-0.4, -0.2) is 43.0 Å². The Bertz CT molecular complexity index is 619. The Morgan fingerprint density at radius 2 is 1.90 bits per heavy atom. The maximum absolute atomic E-state index is 12.1. The Kier molecular flexibility index (Phi) is 5.17. The largest absolute Gasteiger partial charge is 0.324 e. The third kappa shape index (κ3) is 3.53. The van der Waals surface area contributed by atoms with Gasteiger partial charge in [-0.15, -0.1) is 23.7 Å². The van der Waals surface area contributed by atoms with E-state index in [0.717, 1.165) is 23.2 Å². The molecule has 7 heteroatoms. The van der Waals surface area contributed by atoms with Crippen molar-refractivity contribution in [3.8, 4) is 0 Å². The highest BCUT2D eigenvalue weighted by molar-refractivity contribution is 7.20. The number of fused-ring (bicyclic) bond motifs is 1. The summed E-state index contributed by atoms with van der Waals surface area (Å²) in [6.45, 7) is 2.80. The third-order valence-corrected chi connectivity index (χ3v) is 4.39. The highest BCUT2D eigenvalue weighted by Gasteiger charge is 2.19. The summed E-state index contributed by atoms with van der Waals surface area (Å²) in [5.74, 6) is -0.324. The zero-order chi connectivity index (χ0) is 13.9. The van der Waals surface area contributed by atoms with Gasteiger partial charge in [0.1, 0.15) is 0 Å². The molecule has 0 unspecified atom stereocenters. The van der Waals surface area contributed by atoms with Gasteiger partial charge < -0.3 is 10.2 Å². The molecule has 2 N–H and O–H groups in total. The zero-order valence-electron chi connectivity index (χ0n) is 11.3. The predicted molar refractivity (Wildman–Crippen MR) is 86.4 cm³/mol. The molecule has 5 nitrogen and oxygen atoms in total. The zero-order valence-corrected chi connectivity index (χ0v) is 12.9. The van der Waals surface area contributed by atoms with Gasteiger partial charge in [-0.1, -0.05) is 18.2 Å². The number of rotatable bonds is 1. The van der Waals surface area contributed by atoms with Crippen LogP contribution in [0.1, 0.15) is 9.67 Å². The molecule has 1 aromatic carbocycles. The molecule has 0 atom stereocenters. The van der Waals surface area contributed by atoms with E-state index in [0.29, 0.717) is 18.0 Å². The Hall–Kier alpha value is -1.63. The van der Waals surface area contributed by atoms with Crippen LogP contribution in [0.15, 0.2) is 30.3 Å². The first kappa shape index (κ1) is 15.8. The van der Waals surface area contributed by atoms with E-state index in [1.807, 2.05) is 30.3 Å². The molecule has 1 fully saturated rings. The summed E-state index contributed by atoms with van der Waals surface area (Å²) in [6, 6.07) is 9.30. The van der Waals surface area contributed by atoms with Gasteiger partial charge in [-0.2, -0.15) is 0 Å². The van der Waals surface area contributed by atoms with Crippen molar-refractivity contribution < 1.29 is 9.59 Å². The lowest BCUT2D eigenvalue weighted by atomic mass is 10.2. The lowest BCUT2D eigenvalue weighted by Gasteiger charge is -2.26. The van der Waals surface area contributed by atoms with Crippen LogP contribution in [0.3, 0.4) is 0 Å². The molecule has 21 heavy (non-hydrogen) atoms. The Morgan fingerprint density at radius 3 is 2.62 bits per heavy atom. The van der Waals surface area contributed by atoms with E-state index < -0.39 is 0 Å². The van der Waals surface area contributed by atoms with Crippen molar-refractivity contribution in [2.45, 2.75) is 0 Å². The van der Waals surface area contributed by atoms with Crippen LogP contribution in [-0.2, 0) is 0 Å². The van der Waals surface area contributed by atoms with Gasteiger partial charge in [0, 0.05) is 30.9 Å². The number of carbonyl (C=O) groups is 2. The lowest BCUT2D eigenvalue weighted by molar-refractivity contribution is 0.0954. The number of nitrogens with zero attached hydrogens (tertiary/aromatic N) is 1. The minimum atomic E-state index is -0.324. The molecule has 1 aliphatic rings. The van der Waals surface area contributed by atoms with Gasteiger partial charge >= 0.3 is 6.03 Å². The molecule has 112 valence electrons. The van der Waals surface area contributed by atoms with E-state index in [-0.39, 0.29) is 24.3 Å². The summed E-state index contributed by atoms with van der Waals surface area (Å²) in [5, 5.41) is 6.65. The molecule has 3 rings (SSSR count). The fourth-order valence-electron chi connectivity index (χ4n) is 2.20. The van der Waals surface area contributed by atoms with E-state index >= 15 is 0 Å². The Morgan fingerprint density at radius 1 is 1.19 bits per heavy atom. The lowest BCUT2D eigenvalue weighted by Crippen LogP contribution is -2.51. The maximum atomic E-state index is 12.1. The summed E-state index contributed by atoms with van der Waals surface area (Å²) in [5.41, 5.74) is 0. The standard InChI is InChI=1S/C14H15N3O2S.ClH/c18-13(16-14(19)17-7-5-15-6-8-17)12-9-10-3-1-2-4-11(10)20-12;/h1-4,9,15H,5-8H2,(H,16,18,19);1H. The van der Waals surface area contributed by atoms with Gasteiger partial charge in [0.15, 0.2) is 0 Å². The van der Waals surface area contributed by atoms with Crippen LogP contribution in [0.2, 0.25) is 0 Å². The van der Waals surface area contributed by atoms with E-state index in [4.69, 9.17) is 0 Å². The molecule has 0 saturated carbocycles. The Balaban J connectivity index is 0.00000161. The van der Waals surface area contributed by atoms with Crippen molar-refractivity contribution in [3.05, 3.63) is 35.2 Å². The van der Waals surface area contributed by atoms with Gasteiger partial charge in [0.25, 0.3) is 5.91 Å². The van der Waals surface area contributed by atoms with Crippen molar-refractivity contribution in [2.24, 2.45) is 0 Å². The van der Waals surface area contributed by atoms with Crippen LogP contribution in [0.4, 0.5) is 4.79 Å². The van der Waals surface area contributed by atoms with Crippen LogP contribution in [0.25, 0.3) is 10.1 Å². The van der Waals surface area contributed by atoms with Crippen molar-refractivity contribution in [3.63, 3.8) is 0 Å². The Labute approximate surface area is 132 Å². The molecule has 0 bridgehead atoms. The first-order chi connectivity index (χ1) is 9.74. The number of amides is 3. The number of halogens is 1. The average molecular weight is 326 g/mol. The second-order valence-corrected chi connectivity index (χ2v) is 5.73.